The molecule has 0 aromatic heterocycles. The molecule has 0 saturated carbocycles. The van der Waals surface area contributed by atoms with E-state index < -0.39 is 5.97 Å². The smallest absolute Gasteiger partial charge is 0.304 e. The predicted octanol–water partition coefficient (Wildman–Crippen LogP) is 1.73. The minimum absolute atomic E-state index is 0.0709. The Bertz CT molecular complexity index is 448. The fourth-order valence-corrected chi connectivity index (χ4v) is 2.19. The summed E-state index contributed by atoms with van der Waals surface area (Å²) in [6.45, 7) is 2.41. The number of carboxylic acids is 1. The van der Waals surface area contributed by atoms with Gasteiger partial charge in [0.25, 0.3) is 0 Å². The van der Waals surface area contributed by atoms with Crippen LogP contribution in [0.2, 0.25) is 0 Å². The van der Waals surface area contributed by atoms with Crippen molar-refractivity contribution in [2.75, 3.05) is 13.6 Å². The average molecular weight is 266 g/mol. The summed E-state index contributed by atoms with van der Waals surface area (Å²) in [5.74, 6) is -0.826. The number of aryl methyl sites for hydroxylation is 1. The van der Waals surface area contributed by atoms with Crippen LogP contribution in [-0.4, -0.2) is 34.6 Å². The standard InChI is InChI=1S/C13H18N2O2S/c1-9-4-3-5-10(8-9)12(13(14)18)15(2)7-6-11(16)17/h3-5,8,12H,6-7H2,1-2H3,(H2,14,18)(H,16,17). The normalized spacial score (nSPS) is 12.4. The molecule has 1 aromatic rings. The van der Waals surface area contributed by atoms with Crippen LogP contribution in [0.25, 0.3) is 0 Å². The average Bonchev–Trinajstić information content (AvgIpc) is 2.26. The van der Waals surface area contributed by atoms with Gasteiger partial charge in [0.05, 0.1) is 17.5 Å². The molecule has 4 nitrogen and oxygen atoms in total. The molecule has 1 rings (SSSR count). The van der Waals surface area contributed by atoms with Crippen LogP contribution in [0.1, 0.15) is 23.6 Å². The highest BCUT2D eigenvalue weighted by Crippen LogP contribution is 2.21. The Labute approximate surface area is 112 Å². The second-order valence-corrected chi connectivity index (χ2v) is 4.81. The van der Waals surface area contributed by atoms with Gasteiger partial charge in [-0.25, -0.2) is 0 Å². The first-order valence-electron chi connectivity index (χ1n) is 5.69. The Hall–Kier alpha value is -1.46. The van der Waals surface area contributed by atoms with Gasteiger partial charge >= 0.3 is 5.97 Å². The van der Waals surface area contributed by atoms with E-state index in [1.54, 1.807) is 0 Å². The molecular weight excluding hydrogens is 248 g/mol. The maximum absolute atomic E-state index is 10.6. The van der Waals surface area contributed by atoms with Gasteiger partial charge < -0.3 is 10.8 Å². The van der Waals surface area contributed by atoms with Crippen LogP contribution in [-0.2, 0) is 4.79 Å². The Morgan fingerprint density at radius 2 is 2.22 bits per heavy atom. The molecule has 0 bridgehead atoms. The van der Waals surface area contributed by atoms with Crippen molar-refractivity contribution in [1.82, 2.24) is 4.90 Å². The molecule has 1 unspecified atom stereocenters. The summed E-state index contributed by atoms with van der Waals surface area (Å²) in [7, 11) is 1.83. The summed E-state index contributed by atoms with van der Waals surface area (Å²) in [6.07, 6.45) is 0.0709. The number of carbonyl (C=O) groups is 1. The molecule has 0 saturated heterocycles. The topological polar surface area (TPSA) is 66.6 Å². The first-order chi connectivity index (χ1) is 8.41. The molecule has 5 heteroatoms. The van der Waals surface area contributed by atoms with Crippen LogP contribution >= 0.6 is 12.2 Å². The molecule has 0 aliphatic carbocycles. The number of hydrogen-bond acceptors (Lipinski definition) is 3. The zero-order valence-electron chi connectivity index (χ0n) is 10.6. The van der Waals surface area contributed by atoms with E-state index in [2.05, 4.69) is 0 Å². The number of benzene rings is 1. The molecule has 18 heavy (non-hydrogen) atoms. The third kappa shape index (κ3) is 4.09. The first kappa shape index (κ1) is 14.6. The van der Waals surface area contributed by atoms with Gasteiger partial charge in [-0.1, -0.05) is 42.0 Å². The van der Waals surface area contributed by atoms with Gasteiger partial charge in [-0.3, -0.25) is 9.69 Å². The quantitative estimate of drug-likeness (QED) is 0.768. The molecule has 1 aromatic carbocycles. The largest absolute Gasteiger partial charge is 0.481 e. The Balaban J connectivity index is 2.89. The Kier molecular flexibility index (Phi) is 5.25. The summed E-state index contributed by atoms with van der Waals surface area (Å²) in [5.41, 5.74) is 7.89. The molecule has 0 fully saturated rings. The second kappa shape index (κ2) is 6.47. The SMILES string of the molecule is Cc1cccc(C(C(N)=S)N(C)CCC(=O)O)c1. The van der Waals surface area contributed by atoms with Crippen LogP contribution in [0.5, 0.6) is 0 Å². The molecule has 0 amide bonds. The third-order valence-corrected chi connectivity index (χ3v) is 2.97. The lowest BCUT2D eigenvalue weighted by Gasteiger charge is -2.27. The molecule has 0 spiro atoms. The molecule has 0 aliphatic rings. The highest BCUT2D eigenvalue weighted by molar-refractivity contribution is 7.80. The minimum atomic E-state index is -0.826. The summed E-state index contributed by atoms with van der Waals surface area (Å²) < 4.78 is 0. The Morgan fingerprint density at radius 1 is 1.56 bits per heavy atom. The highest BCUT2D eigenvalue weighted by atomic mass is 32.1. The highest BCUT2D eigenvalue weighted by Gasteiger charge is 2.20. The summed E-state index contributed by atoms with van der Waals surface area (Å²) in [5, 5.41) is 8.71. The number of nitrogens with zero attached hydrogens (tertiary/aromatic N) is 1. The number of aliphatic carboxylic acids is 1. The zero-order valence-corrected chi connectivity index (χ0v) is 11.4. The number of likely N-dealkylation sites (N-methyl/N-ethyl adjacent to an activating group) is 1. The van der Waals surface area contributed by atoms with Gasteiger partial charge in [-0.05, 0) is 19.5 Å². The third-order valence-electron chi connectivity index (χ3n) is 2.75. The molecule has 0 radical (unpaired) electrons. The number of rotatable bonds is 6. The van der Waals surface area contributed by atoms with Crippen molar-refractivity contribution in [3.05, 3.63) is 35.4 Å². The lowest BCUT2D eigenvalue weighted by atomic mass is 10.0. The van der Waals surface area contributed by atoms with E-state index in [-0.39, 0.29) is 12.5 Å². The minimum Gasteiger partial charge on any atom is -0.481 e. The molecule has 3 N–H and O–H groups in total. The fourth-order valence-electron chi connectivity index (χ4n) is 1.88. The van der Waals surface area contributed by atoms with Crippen LogP contribution in [0.4, 0.5) is 0 Å². The van der Waals surface area contributed by atoms with Crippen molar-refractivity contribution < 1.29 is 9.90 Å². The fraction of sp³-hybridized carbons (Fsp3) is 0.385. The van der Waals surface area contributed by atoms with E-state index in [0.717, 1.165) is 11.1 Å². The van der Waals surface area contributed by atoms with E-state index in [9.17, 15) is 4.79 Å². The second-order valence-electron chi connectivity index (χ2n) is 4.34. The van der Waals surface area contributed by atoms with E-state index in [1.165, 1.54) is 0 Å². The molecule has 98 valence electrons. The van der Waals surface area contributed by atoms with Gasteiger partial charge in [0.2, 0.25) is 0 Å². The Morgan fingerprint density at radius 3 is 2.72 bits per heavy atom. The molecule has 0 aliphatic heterocycles. The number of hydrogen-bond donors (Lipinski definition) is 2. The van der Waals surface area contributed by atoms with Crippen molar-refractivity contribution in [3.8, 4) is 0 Å². The van der Waals surface area contributed by atoms with Gasteiger partial charge in [-0.15, -0.1) is 0 Å². The summed E-state index contributed by atoms with van der Waals surface area (Å²) in [6, 6.07) is 7.69. The molecule has 1 atom stereocenters. The van der Waals surface area contributed by atoms with Gasteiger partial charge in [-0.2, -0.15) is 0 Å². The van der Waals surface area contributed by atoms with Gasteiger partial charge in [0.1, 0.15) is 0 Å². The van der Waals surface area contributed by atoms with E-state index >= 15 is 0 Å². The van der Waals surface area contributed by atoms with Crippen molar-refractivity contribution in [2.45, 2.75) is 19.4 Å². The summed E-state index contributed by atoms with van der Waals surface area (Å²) >= 11 is 5.09. The number of carboxylic acid groups (broad SMARTS) is 1. The summed E-state index contributed by atoms with van der Waals surface area (Å²) in [4.78, 5) is 12.8. The zero-order chi connectivity index (χ0) is 13.7. The van der Waals surface area contributed by atoms with Gasteiger partial charge in [0, 0.05) is 6.54 Å². The molecular formula is C13H18N2O2S. The lowest BCUT2D eigenvalue weighted by Crippen LogP contribution is -2.35. The van der Waals surface area contributed by atoms with Crippen LogP contribution in [0, 0.1) is 6.92 Å². The van der Waals surface area contributed by atoms with Crippen LogP contribution < -0.4 is 5.73 Å². The van der Waals surface area contributed by atoms with E-state index in [4.69, 9.17) is 23.1 Å². The van der Waals surface area contributed by atoms with E-state index in [1.807, 2.05) is 43.1 Å². The van der Waals surface area contributed by atoms with E-state index in [0.29, 0.717) is 11.5 Å². The lowest BCUT2D eigenvalue weighted by molar-refractivity contribution is -0.137. The van der Waals surface area contributed by atoms with Crippen LogP contribution in [0.15, 0.2) is 24.3 Å². The van der Waals surface area contributed by atoms with Crippen LogP contribution in [0.3, 0.4) is 0 Å². The number of nitrogens with two attached hydrogens (primary N) is 1. The van der Waals surface area contributed by atoms with Crippen molar-refractivity contribution in [2.24, 2.45) is 5.73 Å². The predicted molar refractivity (Wildman–Crippen MR) is 75.6 cm³/mol. The molecule has 0 heterocycles. The van der Waals surface area contributed by atoms with Gasteiger partial charge in [0.15, 0.2) is 0 Å². The monoisotopic (exact) mass is 266 g/mol. The first-order valence-corrected chi connectivity index (χ1v) is 6.10. The van der Waals surface area contributed by atoms with Crippen molar-refractivity contribution in [1.29, 1.82) is 0 Å². The van der Waals surface area contributed by atoms with Crippen molar-refractivity contribution >= 4 is 23.2 Å². The number of thiocarbonyl (C=S) groups is 1. The maximum Gasteiger partial charge on any atom is 0.304 e. The van der Waals surface area contributed by atoms with Crippen molar-refractivity contribution in [3.63, 3.8) is 0 Å². The maximum atomic E-state index is 10.6.